The minimum atomic E-state index is 0.842. The minimum Gasteiger partial charge on any atom is -0.227 e. The van der Waals surface area contributed by atoms with Gasteiger partial charge in [0.15, 0.2) is 0 Å². The van der Waals surface area contributed by atoms with Gasteiger partial charge in [-0.15, -0.1) is 0 Å². The molecule has 0 amide bonds. The molecule has 120 valence electrons. The molecular formula is C22H16N2S. The Morgan fingerprint density at radius 3 is 2.72 bits per heavy atom. The van der Waals surface area contributed by atoms with E-state index in [1.165, 1.54) is 32.5 Å². The van der Waals surface area contributed by atoms with E-state index < -0.39 is 0 Å². The van der Waals surface area contributed by atoms with Gasteiger partial charge >= 0.3 is 0 Å². The second kappa shape index (κ2) is 5.94. The van der Waals surface area contributed by atoms with E-state index in [1.807, 2.05) is 6.21 Å². The molecule has 0 saturated heterocycles. The number of benzene rings is 3. The average molecular weight is 340 g/mol. The van der Waals surface area contributed by atoms with Crippen LogP contribution in [0.15, 0.2) is 71.7 Å². The second-order valence-corrected chi connectivity index (χ2v) is 7.23. The maximum absolute atomic E-state index is 4.77. The van der Waals surface area contributed by atoms with Gasteiger partial charge in [0.2, 0.25) is 5.13 Å². The van der Waals surface area contributed by atoms with Crippen LogP contribution < -0.4 is 0 Å². The molecule has 0 N–H and O–H groups in total. The third-order valence-electron chi connectivity index (χ3n) is 4.72. The molecule has 0 aliphatic heterocycles. The van der Waals surface area contributed by atoms with Crippen LogP contribution in [0.2, 0.25) is 0 Å². The van der Waals surface area contributed by atoms with E-state index in [1.54, 1.807) is 11.3 Å². The fourth-order valence-electron chi connectivity index (χ4n) is 3.48. The van der Waals surface area contributed by atoms with Crippen LogP contribution in [0.5, 0.6) is 0 Å². The molecule has 2 nitrogen and oxygen atoms in total. The summed E-state index contributed by atoms with van der Waals surface area (Å²) in [5, 5.41) is 3.30. The van der Waals surface area contributed by atoms with Gasteiger partial charge in [-0.25, -0.2) is 9.98 Å². The van der Waals surface area contributed by atoms with E-state index in [-0.39, 0.29) is 0 Å². The van der Waals surface area contributed by atoms with Crippen molar-refractivity contribution in [2.24, 2.45) is 4.99 Å². The highest BCUT2D eigenvalue weighted by Gasteiger charge is 2.19. The second-order valence-electron chi connectivity index (χ2n) is 6.26. The number of fused-ring (bicyclic) bond motifs is 4. The number of aromatic nitrogens is 1. The summed E-state index contributed by atoms with van der Waals surface area (Å²) in [7, 11) is 0. The Kier molecular flexibility index (Phi) is 3.46. The Morgan fingerprint density at radius 1 is 0.880 bits per heavy atom. The lowest BCUT2D eigenvalue weighted by Gasteiger charge is -2.13. The Morgan fingerprint density at radius 2 is 1.72 bits per heavy atom. The third kappa shape index (κ3) is 2.57. The van der Waals surface area contributed by atoms with Crippen LogP contribution in [-0.2, 0) is 12.8 Å². The first-order valence-corrected chi connectivity index (χ1v) is 9.30. The van der Waals surface area contributed by atoms with Crippen molar-refractivity contribution in [3.63, 3.8) is 0 Å². The molecular weight excluding hydrogens is 324 g/mol. The van der Waals surface area contributed by atoms with E-state index in [2.05, 4.69) is 71.7 Å². The molecule has 25 heavy (non-hydrogen) atoms. The Hall–Kier alpha value is -2.78. The van der Waals surface area contributed by atoms with Gasteiger partial charge in [0.25, 0.3) is 0 Å². The molecule has 1 aromatic heterocycles. The first-order valence-electron chi connectivity index (χ1n) is 8.48. The molecule has 0 fully saturated rings. The van der Waals surface area contributed by atoms with Crippen molar-refractivity contribution in [2.75, 3.05) is 0 Å². The average Bonchev–Trinajstić information content (AvgIpc) is 3.10. The van der Waals surface area contributed by atoms with E-state index in [0.717, 1.165) is 23.5 Å². The summed E-state index contributed by atoms with van der Waals surface area (Å²) >= 11 is 1.69. The number of rotatable bonds is 2. The molecule has 1 aliphatic carbocycles. The molecule has 5 rings (SSSR count). The standard InChI is InChI=1S/C22H16N2S/c1-3-10-18-15(6-1)8-5-9-17(18)14-23-22-24-20-13-12-16-7-2-4-11-19(16)21(20)25-22/h1-11,14H,12-13H2/b23-14+. The number of thiazole rings is 1. The number of nitrogens with zero attached hydrogens (tertiary/aromatic N) is 2. The molecule has 0 bridgehead atoms. The summed E-state index contributed by atoms with van der Waals surface area (Å²) in [5.41, 5.74) is 5.07. The highest BCUT2D eigenvalue weighted by Crippen LogP contribution is 2.40. The normalized spacial score (nSPS) is 13.1. The summed E-state index contributed by atoms with van der Waals surface area (Å²) in [6, 6.07) is 23.4. The molecule has 3 heteroatoms. The van der Waals surface area contributed by atoms with Gasteiger partial charge in [-0.05, 0) is 34.7 Å². The molecule has 1 heterocycles. The first kappa shape index (κ1) is 14.6. The van der Waals surface area contributed by atoms with Gasteiger partial charge in [-0.1, -0.05) is 78.1 Å². The van der Waals surface area contributed by atoms with Crippen LogP contribution in [-0.4, -0.2) is 11.2 Å². The fraction of sp³-hybridized carbons (Fsp3) is 0.0909. The number of hydrogen-bond acceptors (Lipinski definition) is 3. The Bertz CT molecular complexity index is 1100. The largest absolute Gasteiger partial charge is 0.227 e. The molecule has 0 radical (unpaired) electrons. The lowest BCUT2D eigenvalue weighted by Crippen LogP contribution is -2.01. The van der Waals surface area contributed by atoms with Crippen LogP contribution in [0.3, 0.4) is 0 Å². The predicted molar refractivity (Wildman–Crippen MR) is 106 cm³/mol. The van der Waals surface area contributed by atoms with Gasteiger partial charge in [0.05, 0.1) is 10.6 Å². The fourth-order valence-corrected chi connectivity index (χ4v) is 4.49. The van der Waals surface area contributed by atoms with E-state index in [9.17, 15) is 0 Å². The van der Waals surface area contributed by atoms with Crippen molar-refractivity contribution >= 4 is 33.5 Å². The minimum absolute atomic E-state index is 0.842. The summed E-state index contributed by atoms with van der Waals surface area (Å²) < 4.78 is 0. The van der Waals surface area contributed by atoms with E-state index >= 15 is 0 Å². The highest BCUT2D eigenvalue weighted by molar-refractivity contribution is 7.18. The van der Waals surface area contributed by atoms with Crippen LogP contribution >= 0.6 is 11.3 Å². The van der Waals surface area contributed by atoms with Crippen molar-refractivity contribution in [2.45, 2.75) is 12.8 Å². The van der Waals surface area contributed by atoms with Crippen molar-refractivity contribution in [3.05, 3.63) is 83.6 Å². The summed E-state index contributed by atoms with van der Waals surface area (Å²) in [6.45, 7) is 0. The quantitative estimate of drug-likeness (QED) is 0.423. The molecule has 1 aliphatic rings. The molecule has 0 saturated carbocycles. The Balaban J connectivity index is 1.54. The van der Waals surface area contributed by atoms with Gasteiger partial charge in [-0.3, -0.25) is 0 Å². The number of hydrogen-bond donors (Lipinski definition) is 0. The van der Waals surface area contributed by atoms with Crippen LogP contribution in [0.4, 0.5) is 5.13 Å². The summed E-state index contributed by atoms with van der Waals surface area (Å²) in [6.07, 6.45) is 4.02. The van der Waals surface area contributed by atoms with Crippen molar-refractivity contribution < 1.29 is 0 Å². The monoisotopic (exact) mass is 340 g/mol. The van der Waals surface area contributed by atoms with Crippen molar-refractivity contribution in [1.29, 1.82) is 0 Å². The smallest absolute Gasteiger partial charge is 0.209 e. The lowest BCUT2D eigenvalue weighted by molar-refractivity contribution is 0.910. The Labute approximate surface area is 150 Å². The molecule has 4 aromatic rings. The zero-order chi connectivity index (χ0) is 16.6. The zero-order valence-electron chi connectivity index (χ0n) is 13.6. The van der Waals surface area contributed by atoms with E-state index in [4.69, 9.17) is 4.98 Å². The maximum Gasteiger partial charge on any atom is 0.209 e. The molecule has 0 spiro atoms. The third-order valence-corrected chi connectivity index (χ3v) is 5.76. The SMILES string of the molecule is C(=N\c1nc2c(s1)-c1ccccc1CC2)/c1cccc2ccccc12. The summed E-state index contributed by atoms with van der Waals surface area (Å²) in [4.78, 5) is 10.7. The molecule has 0 atom stereocenters. The van der Waals surface area contributed by atoms with E-state index in [0.29, 0.717) is 0 Å². The van der Waals surface area contributed by atoms with Gasteiger partial charge < -0.3 is 0 Å². The van der Waals surface area contributed by atoms with Gasteiger partial charge in [0.1, 0.15) is 0 Å². The van der Waals surface area contributed by atoms with Crippen molar-refractivity contribution in [3.8, 4) is 10.4 Å². The van der Waals surface area contributed by atoms with Gasteiger partial charge in [0, 0.05) is 11.8 Å². The topological polar surface area (TPSA) is 25.2 Å². The number of aliphatic imine (C=N–C) groups is 1. The lowest BCUT2D eigenvalue weighted by atomic mass is 9.94. The first-order chi connectivity index (χ1) is 12.4. The van der Waals surface area contributed by atoms with Crippen LogP contribution in [0, 0.1) is 0 Å². The zero-order valence-corrected chi connectivity index (χ0v) is 14.5. The summed E-state index contributed by atoms with van der Waals surface area (Å²) in [5.74, 6) is 0. The van der Waals surface area contributed by atoms with Gasteiger partial charge in [-0.2, -0.15) is 0 Å². The van der Waals surface area contributed by atoms with Crippen molar-refractivity contribution in [1.82, 2.24) is 4.98 Å². The van der Waals surface area contributed by atoms with Crippen LogP contribution in [0.25, 0.3) is 21.2 Å². The van der Waals surface area contributed by atoms with Crippen LogP contribution in [0.1, 0.15) is 16.8 Å². The highest BCUT2D eigenvalue weighted by atomic mass is 32.1. The maximum atomic E-state index is 4.77. The predicted octanol–water partition coefficient (Wildman–Crippen LogP) is 5.81. The number of aryl methyl sites for hydroxylation is 2. The molecule has 0 unspecified atom stereocenters. The molecule has 3 aromatic carbocycles.